The van der Waals surface area contributed by atoms with Gasteiger partial charge in [-0.3, -0.25) is 19.2 Å². The molecule has 190 valence electrons. The molecule has 0 radical (unpaired) electrons. The predicted molar refractivity (Wildman–Crippen MR) is 118 cm³/mol. The minimum Gasteiger partial charge on any atom is -0.463 e. The van der Waals surface area contributed by atoms with E-state index in [1.165, 1.54) is 53.4 Å². The molecule has 0 aromatic heterocycles. The minimum absolute atomic E-state index is 0.241. The molecule has 1 saturated heterocycles. The summed E-state index contributed by atoms with van der Waals surface area (Å²) in [5, 5.41) is 2.69. The van der Waals surface area contributed by atoms with Crippen LogP contribution in [0.15, 0.2) is 0 Å². The summed E-state index contributed by atoms with van der Waals surface area (Å²) in [5.74, 6) is -2.22. The van der Waals surface area contributed by atoms with Gasteiger partial charge in [-0.25, -0.2) is 0 Å². The summed E-state index contributed by atoms with van der Waals surface area (Å²) in [7, 11) is 0. The van der Waals surface area contributed by atoms with Gasteiger partial charge in [0, 0.05) is 34.3 Å². The van der Waals surface area contributed by atoms with E-state index in [1.54, 1.807) is 0 Å². The van der Waals surface area contributed by atoms with Crippen molar-refractivity contribution in [3.05, 3.63) is 0 Å². The molecule has 1 fully saturated rings. The van der Waals surface area contributed by atoms with Crippen LogP contribution in [0.2, 0.25) is 0 Å². The Hall–Kier alpha value is -2.20. The molecule has 0 aromatic rings. The Balaban J connectivity index is 2.95. The number of carbonyl (C=O) groups excluding carboxylic acids is 4. The Morgan fingerprint density at radius 2 is 1.36 bits per heavy atom. The molecule has 1 aliphatic rings. The number of hydrogen-bond acceptors (Lipinski definition) is 9. The van der Waals surface area contributed by atoms with Crippen molar-refractivity contribution in [1.82, 2.24) is 5.32 Å². The normalized spacial score (nSPS) is 24.6. The molecule has 10 heteroatoms. The van der Waals surface area contributed by atoms with E-state index in [-0.39, 0.29) is 6.61 Å². The largest absolute Gasteiger partial charge is 0.463 e. The van der Waals surface area contributed by atoms with Gasteiger partial charge < -0.3 is 29.0 Å². The van der Waals surface area contributed by atoms with Gasteiger partial charge in [0.2, 0.25) is 5.91 Å². The topological polar surface area (TPSA) is 126 Å². The molecule has 1 heterocycles. The van der Waals surface area contributed by atoms with E-state index in [2.05, 4.69) is 12.2 Å². The molecule has 1 rings (SSSR count). The zero-order valence-corrected chi connectivity index (χ0v) is 20.4. The van der Waals surface area contributed by atoms with Crippen LogP contribution in [0, 0.1) is 0 Å². The van der Waals surface area contributed by atoms with E-state index in [4.69, 9.17) is 23.7 Å². The fraction of sp³-hybridized carbons (Fsp3) is 0.826. The molecular formula is C23H39NO9. The lowest BCUT2D eigenvalue weighted by molar-refractivity contribution is -0.277. The second-order valence-electron chi connectivity index (χ2n) is 8.21. The Morgan fingerprint density at radius 1 is 0.788 bits per heavy atom. The molecule has 1 aliphatic heterocycles. The second kappa shape index (κ2) is 15.6. The highest BCUT2D eigenvalue weighted by atomic mass is 16.7. The van der Waals surface area contributed by atoms with E-state index < -0.39 is 54.5 Å². The average Bonchev–Trinajstić information content (AvgIpc) is 2.71. The molecule has 1 N–H and O–H groups in total. The Labute approximate surface area is 196 Å². The highest BCUT2D eigenvalue weighted by Crippen LogP contribution is 2.28. The van der Waals surface area contributed by atoms with Crippen LogP contribution in [-0.2, 0) is 42.9 Å². The quantitative estimate of drug-likeness (QED) is 0.230. The van der Waals surface area contributed by atoms with Crippen molar-refractivity contribution in [2.24, 2.45) is 0 Å². The van der Waals surface area contributed by atoms with Crippen molar-refractivity contribution in [2.45, 2.75) is 110 Å². The summed E-state index contributed by atoms with van der Waals surface area (Å²) in [6, 6.07) is -0.922. The van der Waals surface area contributed by atoms with Crippen LogP contribution in [0.1, 0.15) is 79.6 Å². The summed E-state index contributed by atoms with van der Waals surface area (Å²) in [6.07, 6.45) is 3.54. The third-order valence-corrected chi connectivity index (χ3v) is 5.10. The number of hydrogen-bond donors (Lipinski definition) is 1. The van der Waals surface area contributed by atoms with E-state index in [1.807, 2.05) is 0 Å². The van der Waals surface area contributed by atoms with E-state index >= 15 is 0 Å². The van der Waals surface area contributed by atoms with Crippen molar-refractivity contribution in [2.75, 3.05) is 13.2 Å². The number of esters is 3. The van der Waals surface area contributed by atoms with Crippen LogP contribution in [-0.4, -0.2) is 67.7 Å². The van der Waals surface area contributed by atoms with Gasteiger partial charge in [0.25, 0.3) is 0 Å². The van der Waals surface area contributed by atoms with Gasteiger partial charge in [0.05, 0.1) is 0 Å². The van der Waals surface area contributed by atoms with Gasteiger partial charge >= 0.3 is 17.9 Å². The molecule has 0 bridgehead atoms. The van der Waals surface area contributed by atoms with E-state index in [9.17, 15) is 19.2 Å². The first-order valence-electron chi connectivity index (χ1n) is 11.7. The number of nitrogens with one attached hydrogen (secondary N) is 1. The molecule has 5 atom stereocenters. The number of carbonyl (C=O) groups is 4. The molecule has 0 saturated carbocycles. The molecule has 0 aromatic carbocycles. The van der Waals surface area contributed by atoms with Gasteiger partial charge in [0.1, 0.15) is 18.8 Å². The molecule has 0 spiro atoms. The molecule has 0 aliphatic carbocycles. The summed E-state index contributed by atoms with van der Waals surface area (Å²) in [4.78, 5) is 46.8. The van der Waals surface area contributed by atoms with Crippen LogP contribution >= 0.6 is 0 Å². The zero-order chi connectivity index (χ0) is 24.8. The van der Waals surface area contributed by atoms with Gasteiger partial charge in [-0.2, -0.15) is 0 Å². The maximum Gasteiger partial charge on any atom is 0.303 e. The van der Waals surface area contributed by atoms with Gasteiger partial charge in [-0.1, -0.05) is 45.4 Å². The van der Waals surface area contributed by atoms with Gasteiger partial charge in [0.15, 0.2) is 18.5 Å². The smallest absolute Gasteiger partial charge is 0.303 e. The van der Waals surface area contributed by atoms with Crippen molar-refractivity contribution in [3.63, 3.8) is 0 Å². The third kappa shape index (κ3) is 11.5. The summed E-state index contributed by atoms with van der Waals surface area (Å²) in [6.45, 7) is 7.25. The predicted octanol–water partition coefficient (Wildman–Crippen LogP) is 2.41. The standard InChI is InChI=1S/C23H39NO9/c1-6-7-8-9-10-11-12-13-29-23-20(24-15(2)25)22(32-18(5)28)21(31-17(4)27)19(33-23)14-30-16(3)26/h19-23H,6-14H2,1-5H3,(H,24,25)/t19-,20+,21+,22+,23-/m1/s1. The average molecular weight is 474 g/mol. The second-order valence-corrected chi connectivity index (χ2v) is 8.21. The van der Waals surface area contributed by atoms with Crippen molar-refractivity contribution >= 4 is 23.8 Å². The highest BCUT2D eigenvalue weighted by molar-refractivity contribution is 5.73. The first-order valence-corrected chi connectivity index (χ1v) is 11.7. The lowest BCUT2D eigenvalue weighted by Crippen LogP contribution is -2.66. The van der Waals surface area contributed by atoms with Crippen molar-refractivity contribution in [3.8, 4) is 0 Å². The molecule has 10 nitrogen and oxygen atoms in total. The highest BCUT2D eigenvalue weighted by Gasteiger charge is 2.51. The lowest BCUT2D eigenvalue weighted by atomic mass is 9.96. The molecule has 33 heavy (non-hydrogen) atoms. The number of amides is 1. The summed E-state index contributed by atoms with van der Waals surface area (Å²) < 4.78 is 27.7. The monoisotopic (exact) mass is 473 g/mol. The zero-order valence-electron chi connectivity index (χ0n) is 20.4. The number of rotatable bonds is 14. The van der Waals surface area contributed by atoms with E-state index in [0.717, 1.165) is 19.3 Å². The summed E-state index contributed by atoms with van der Waals surface area (Å²) >= 11 is 0. The molecular weight excluding hydrogens is 434 g/mol. The fourth-order valence-electron chi connectivity index (χ4n) is 3.69. The first-order chi connectivity index (χ1) is 15.6. The number of ether oxygens (including phenoxy) is 5. The fourth-order valence-corrected chi connectivity index (χ4v) is 3.69. The minimum atomic E-state index is -1.11. The van der Waals surface area contributed by atoms with Crippen LogP contribution in [0.25, 0.3) is 0 Å². The van der Waals surface area contributed by atoms with Crippen LogP contribution in [0.4, 0.5) is 0 Å². The number of unbranched alkanes of at least 4 members (excludes halogenated alkanes) is 6. The Bertz CT molecular complexity index is 639. The maximum absolute atomic E-state index is 11.9. The van der Waals surface area contributed by atoms with Gasteiger partial charge in [-0.05, 0) is 6.42 Å². The van der Waals surface area contributed by atoms with Crippen LogP contribution in [0.3, 0.4) is 0 Å². The van der Waals surface area contributed by atoms with E-state index in [0.29, 0.717) is 6.61 Å². The van der Waals surface area contributed by atoms with Crippen molar-refractivity contribution < 1.29 is 42.9 Å². The van der Waals surface area contributed by atoms with Crippen LogP contribution in [0.5, 0.6) is 0 Å². The molecule has 0 unspecified atom stereocenters. The lowest BCUT2D eigenvalue weighted by Gasteiger charge is -2.44. The van der Waals surface area contributed by atoms with Crippen molar-refractivity contribution in [1.29, 1.82) is 0 Å². The summed E-state index contributed by atoms with van der Waals surface area (Å²) in [5.41, 5.74) is 0. The first kappa shape index (κ1) is 28.8. The maximum atomic E-state index is 11.9. The Kier molecular flexibility index (Phi) is 13.6. The Morgan fingerprint density at radius 3 is 1.91 bits per heavy atom. The van der Waals surface area contributed by atoms with Gasteiger partial charge in [-0.15, -0.1) is 0 Å². The SMILES string of the molecule is CCCCCCCCCO[C@@H]1O[C@H](COC(C)=O)[C@H](OC(C)=O)[C@@H](OC(C)=O)[C@@H]1NC(C)=O. The molecule has 1 amide bonds. The van der Waals surface area contributed by atoms with Crippen LogP contribution < -0.4 is 5.32 Å². The third-order valence-electron chi connectivity index (χ3n) is 5.10.